The average molecular weight is 383 g/mol. The third kappa shape index (κ3) is 4.66. The molecule has 2 aromatic carbocycles. The molecule has 0 aromatic heterocycles. The van der Waals surface area contributed by atoms with Gasteiger partial charge in [0.05, 0.1) is 16.7 Å². The van der Waals surface area contributed by atoms with Gasteiger partial charge in [0.25, 0.3) is 0 Å². The molecule has 2 nitrogen and oxygen atoms in total. The molecule has 0 radical (unpaired) electrons. The lowest BCUT2D eigenvalue weighted by Gasteiger charge is -2.17. The maximum Gasteiger partial charge on any atom is 0.416 e. The second kappa shape index (κ2) is 6.95. The molecule has 0 fully saturated rings. The van der Waals surface area contributed by atoms with Crippen molar-refractivity contribution in [3.8, 4) is 5.75 Å². The lowest BCUT2D eigenvalue weighted by atomic mass is 10.0. The monoisotopic (exact) mass is 382 g/mol. The Morgan fingerprint density at radius 3 is 2.20 bits per heavy atom. The normalized spacial score (nSPS) is 12.1. The summed E-state index contributed by atoms with van der Waals surface area (Å²) in [6.07, 6.45) is -9.28. The highest BCUT2D eigenvalue weighted by atomic mass is 35.5. The number of ether oxygens (including phenoxy) is 1. The van der Waals surface area contributed by atoms with Gasteiger partial charge in [-0.3, -0.25) is 4.79 Å². The Balaban J connectivity index is 2.38. The van der Waals surface area contributed by atoms with E-state index in [-0.39, 0.29) is 16.3 Å². The summed E-state index contributed by atoms with van der Waals surface area (Å²) in [6, 6.07) is 4.88. The van der Waals surface area contributed by atoms with E-state index in [0.29, 0.717) is 24.5 Å². The van der Waals surface area contributed by atoms with Crippen LogP contribution in [0.5, 0.6) is 5.75 Å². The molecule has 134 valence electrons. The van der Waals surface area contributed by atoms with E-state index in [4.69, 9.17) is 16.3 Å². The van der Waals surface area contributed by atoms with Gasteiger partial charge >= 0.3 is 12.4 Å². The minimum atomic E-state index is -4.85. The quantitative estimate of drug-likeness (QED) is 0.495. The van der Waals surface area contributed by atoms with Gasteiger partial charge in [-0.15, -0.1) is 0 Å². The molecule has 0 aliphatic heterocycles. The standard InChI is InChI=1S/C16H9ClF6O2/c17-12-2-4-14(9(6-12)7-24)25-8-10-5-11(15(18,19)20)1-3-13(10)16(21,22)23/h1-7H,8H2. The summed E-state index contributed by atoms with van der Waals surface area (Å²) in [4.78, 5) is 10.9. The van der Waals surface area contributed by atoms with E-state index in [2.05, 4.69) is 0 Å². The molecule has 0 bridgehead atoms. The first kappa shape index (κ1) is 19.1. The van der Waals surface area contributed by atoms with Crippen molar-refractivity contribution in [1.29, 1.82) is 0 Å². The van der Waals surface area contributed by atoms with Gasteiger partial charge in [-0.25, -0.2) is 0 Å². The predicted octanol–water partition coefficient (Wildman–Crippen LogP) is 5.77. The van der Waals surface area contributed by atoms with Crippen molar-refractivity contribution in [2.75, 3.05) is 0 Å². The second-order valence-corrected chi connectivity index (χ2v) is 5.39. The zero-order valence-electron chi connectivity index (χ0n) is 12.2. The number of carbonyl (C=O) groups is 1. The van der Waals surface area contributed by atoms with Crippen LogP contribution in [0.15, 0.2) is 36.4 Å². The lowest BCUT2D eigenvalue weighted by Crippen LogP contribution is -2.14. The smallest absolute Gasteiger partial charge is 0.416 e. The molecule has 0 spiro atoms. The first-order valence-electron chi connectivity index (χ1n) is 6.67. The third-order valence-corrected chi connectivity index (χ3v) is 3.46. The summed E-state index contributed by atoms with van der Waals surface area (Å²) in [5, 5.41) is 0.199. The van der Waals surface area contributed by atoms with E-state index in [9.17, 15) is 31.1 Å². The number of halogens is 7. The summed E-state index contributed by atoms with van der Waals surface area (Å²) < 4.78 is 82.3. The van der Waals surface area contributed by atoms with Crippen LogP contribution in [0.3, 0.4) is 0 Å². The van der Waals surface area contributed by atoms with Crippen LogP contribution in [0.4, 0.5) is 26.3 Å². The molecule has 0 saturated carbocycles. The van der Waals surface area contributed by atoms with E-state index >= 15 is 0 Å². The van der Waals surface area contributed by atoms with Crippen molar-refractivity contribution in [2.45, 2.75) is 19.0 Å². The van der Waals surface area contributed by atoms with E-state index < -0.39 is 35.6 Å². The van der Waals surface area contributed by atoms with E-state index in [1.54, 1.807) is 0 Å². The van der Waals surface area contributed by atoms with E-state index in [1.807, 2.05) is 0 Å². The molecule has 9 heteroatoms. The molecule has 25 heavy (non-hydrogen) atoms. The van der Waals surface area contributed by atoms with Gasteiger partial charge in [0.15, 0.2) is 6.29 Å². The molecule has 0 heterocycles. The topological polar surface area (TPSA) is 26.3 Å². The summed E-state index contributed by atoms with van der Waals surface area (Å²) in [7, 11) is 0. The van der Waals surface area contributed by atoms with Gasteiger partial charge < -0.3 is 4.74 Å². The number of carbonyl (C=O) groups excluding carboxylic acids is 1. The molecule has 2 rings (SSSR count). The van der Waals surface area contributed by atoms with Crippen LogP contribution >= 0.6 is 11.6 Å². The maximum atomic E-state index is 13.0. The highest BCUT2D eigenvalue weighted by molar-refractivity contribution is 6.30. The fraction of sp³-hybridized carbons (Fsp3) is 0.188. The molecule has 0 atom stereocenters. The van der Waals surface area contributed by atoms with Gasteiger partial charge in [-0.1, -0.05) is 11.6 Å². The lowest BCUT2D eigenvalue weighted by molar-refractivity contribution is -0.142. The summed E-state index contributed by atoms with van der Waals surface area (Å²) in [5.41, 5.74) is -3.21. The number of rotatable bonds is 4. The van der Waals surface area contributed by atoms with Crippen LogP contribution in [0, 0.1) is 0 Å². The molecule has 0 aliphatic carbocycles. The van der Waals surface area contributed by atoms with Crippen LogP contribution in [0.25, 0.3) is 0 Å². The minimum Gasteiger partial charge on any atom is -0.488 e. The first-order chi connectivity index (χ1) is 11.5. The Bertz CT molecular complexity index is 783. The Morgan fingerprint density at radius 2 is 1.64 bits per heavy atom. The Labute approximate surface area is 143 Å². The van der Waals surface area contributed by atoms with Crippen LogP contribution in [-0.2, 0) is 19.0 Å². The van der Waals surface area contributed by atoms with Gasteiger partial charge in [0, 0.05) is 10.6 Å². The van der Waals surface area contributed by atoms with E-state index in [0.717, 1.165) is 0 Å². The zero-order chi connectivity index (χ0) is 18.8. The molecule has 0 aliphatic rings. The second-order valence-electron chi connectivity index (χ2n) is 4.96. The Morgan fingerprint density at radius 1 is 0.960 bits per heavy atom. The fourth-order valence-corrected chi connectivity index (χ4v) is 2.24. The van der Waals surface area contributed by atoms with Crippen molar-refractivity contribution in [2.24, 2.45) is 0 Å². The molecular weight excluding hydrogens is 374 g/mol. The highest BCUT2D eigenvalue weighted by Crippen LogP contribution is 2.37. The number of benzene rings is 2. The van der Waals surface area contributed by atoms with Crippen molar-refractivity contribution in [1.82, 2.24) is 0 Å². The van der Waals surface area contributed by atoms with Crippen LogP contribution in [-0.4, -0.2) is 6.29 Å². The molecule has 0 amide bonds. The number of hydrogen-bond donors (Lipinski definition) is 0. The zero-order valence-corrected chi connectivity index (χ0v) is 13.0. The molecule has 0 unspecified atom stereocenters. The van der Waals surface area contributed by atoms with Gasteiger partial charge in [-0.05, 0) is 36.4 Å². The fourth-order valence-electron chi connectivity index (χ4n) is 2.06. The summed E-state index contributed by atoms with van der Waals surface area (Å²) in [6.45, 7) is -0.804. The summed E-state index contributed by atoms with van der Waals surface area (Å²) >= 11 is 5.68. The largest absolute Gasteiger partial charge is 0.488 e. The average Bonchev–Trinajstić information content (AvgIpc) is 2.51. The Hall–Kier alpha value is -2.22. The first-order valence-corrected chi connectivity index (χ1v) is 7.05. The molecular formula is C16H9ClF6O2. The van der Waals surface area contributed by atoms with Crippen molar-refractivity contribution >= 4 is 17.9 Å². The van der Waals surface area contributed by atoms with Crippen LogP contribution in [0.2, 0.25) is 5.02 Å². The molecule has 2 aromatic rings. The third-order valence-electron chi connectivity index (χ3n) is 3.22. The van der Waals surface area contributed by atoms with Gasteiger partial charge in [-0.2, -0.15) is 26.3 Å². The number of aldehydes is 1. The number of hydrogen-bond acceptors (Lipinski definition) is 2. The van der Waals surface area contributed by atoms with Crippen LogP contribution < -0.4 is 4.74 Å². The van der Waals surface area contributed by atoms with Crippen molar-refractivity contribution in [3.63, 3.8) is 0 Å². The van der Waals surface area contributed by atoms with Gasteiger partial charge in [0.2, 0.25) is 0 Å². The highest BCUT2D eigenvalue weighted by Gasteiger charge is 2.37. The minimum absolute atomic E-state index is 0.0342. The van der Waals surface area contributed by atoms with Crippen molar-refractivity contribution in [3.05, 3.63) is 63.7 Å². The SMILES string of the molecule is O=Cc1cc(Cl)ccc1OCc1cc(C(F)(F)F)ccc1C(F)(F)F. The number of alkyl halides is 6. The predicted molar refractivity (Wildman–Crippen MR) is 77.6 cm³/mol. The summed E-state index contributed by atoms with van der Waals surface area (Å²) in [5.74, 6) is -0.0927. The van der Waals surface area contributed by atoms with Gasteiger partial charge in [0.1, 0.15) is 12.4 Å². The molecule has 0 N–H and O–H groups in total. The van der Waals surface area contributed by atoms with E-state index in [1.165, 1.54) is 18.2 Å². The maximum absolute atomic E-state index is 13.0. The Kier molecular flexibility index (Phi) is 5.31. The molecule has 0 saturated heterocycles. The van der Waals surface area contributed by atoms with Crippen molar-refractivity contribution < 1.29 is 35.9 Å². The van der Waals surface area contributed by atoms with Crippen LogP contribution in [0.1, 0.15) is 27.0 Å².